The van der Waals surface area contributed by atoms with E-state index in [1.165, 1.54) is 16.0 Å². The van der Waals surface area contributed by atoms with Crippen molar-refractivity contribution >= 4 is 11.3 Å². The lowest BCUT2D eigenvalue weighted by Crippen LogP contribution is -2.13. The minimum absolute atomic E-state index is 0.795. The molecular formula is C14H18N2OS. The summed E-state index contributed by atoms with van der Waals surface area (Å²) < 4.78 is 5.35. The van der Waals surface area contributed by atoms with E-state index in [0.717, 1.165) is 23.8 Å². The van der Waals surface area contributed by atoms with Gasteiger partial charge in [-0.05, 0) is 19.9 Å². The molecule has 3 nitrogen and oxygen atoms in total. The second kappa shape index (κ2) is 5.98. The Morgan fingerprint density at radius 1 is 1.28 bits per heavy atom. The third-order valence-electron chi connectivity index (χ3n) is 2.70. The van der Waals surface area contributed by atoms with E-state index in [0.29, 0.717) is 0 Å². The smallest absolute Gasteiger partial charge is 0.123 e. The summed E-state index contributed by atoms with van der Waals surface area (Å²) in [6.45, 7) is 5.76. The largest absolute Gasteiger partial charge is 0.496 e. The zero-order valence-corrected chi connectivity index (χ0v) is 11.8. The van der Waals surface area contributed by atoms with Crippen LogP contribution in [0.4, 0.5) is 0 Å². The predicted octanol–water partition coefficient (Wildman–Crippen LogP) is 3.06. The summed E-state index contributed by atoms with van der Waals surface area (Å²) in [5, 5.41) is 4.53. The number of hydrogen-bond acceptors (Lipinski definition) is 4. The highest BCUT2D eigenvalue weighted by Crippen LogP contribution is 2.19. The van der Waals surface area contributed by atoms with Crippen LogP contribution in [0.1, 0.15) is 21.0 Å². The Bertz CT molecular complexity index is 522. The predicted molar refractivity (Wildman–Crippen MR) is 75.1 cm³/mol. The molecule has 0 aliphatic rings. The fourth-order valence-electron chi connectivity index (χ4n) is 1.83. The molecule has 0 aliphatic carbocycles. The van der Waals surface area contributed by atoms with Gasteiger partial charge in [0, 0.05) is 29.7 Å². The molecule has 0 saturated carbocycles. The molecule has 4 heteroatoms. The summed E-state index contributed by atoms with van der Waals surface area (Å²) in [6, 6.07) is 6.23. The number of nitrogens with one attached hydrogen (secondary N) is 1. The van der Waals surface area contributed by atoms with Crippen molar-refractivity contribution in [3.05, 3.63) is 45.4 Å². The monoisotopic (exact) mass is 262 g/mol. The van der Waals surface area contributed by atoms with Gasteiger partial charge < -0.3 is 10.1 Å². The Balaban J connectivity index is 1.95. The second-order valence-electron chi connectivity index (χ2n) is 4.28. The van der Waals surface area contributed by atoms with Gasteiger partial charge in [-0.3, -0.25) is 0 Å². The summed E-state index contributed by atoms with van der Waals surface area (Å²) in [5.41, 5.74) is 2.43. The maximum Gasteiger partial charge on any atom is 0.123 e. The van der Waals surface area contributed by atoms with E-state index in [1.54, 1.807) is 18.4 Å². The molecular weight excluding hydrogens is 244 g/mol. The van der Waals surface area contributed by atoms with E-state index in [4.69, 9.17) is 4.74 Å². The third kappa shape index (κ3) is 3.31. The first kappa shape index (κ1) is 13.1. The molecule has 0 fully saturated rings. The van der Waals surface area contributed by atoms with Crippen LogP contribution >= 0.6 is 11.3 Å². The van der Waals surface area contributed by atoms with Crippen LogP contribution in [-0.2, 0) is 13.1 Å². The molecule has 0 aliphatic heterocycles. The minimum Gasteiger partial charge on any atom is -0.496 e. The molecule has 0 radical (unpaired) electrons. The number of hydrogen-bond donors (Lipinski definition) is 1. The summed E-state index contributed by atoms with van der Waals surface area (Å²) in [6.07, 6.45) is 1.91. The number of thiazole rings is 1. The van der Waals surface area contributed by atoms with Crippen molar-refractivity contribution in [3.8, 4) is 5.75 Å². The van der Waals surface area contributed by atoms with Gasteiger partial charge >= 0.3 is 0 Å². The van der Waals surface area contributed by atoms with Crippen molar-refractivity contribution in [2.24, 2.45) is 0 Å². The van der Waals surface area contributed by atoms with E-state index in [9.17, 15) is 0 Å². The van der Waals surface area contributed by atoms with Crippen molar-refractivity contribution in [1.29, 1.82) is 0 Å². The first-order valence-electron chi connectivity index (χ1n) is 5.94. The van der Waals surface area contributed by atoms with Gasteiger partial charge in [0.1, 0.15) is 10.8 Å². The van der Waals surface area contributed by atoms with Crippen LogP contribution in [0.5, 0.6) is 5.75 Å². The van der Waals surface area contributed by atoms with Gasteiger partial charge in [0.15, 0.2) is 0 Å². The van der Waals surface area contributed by atoms with Gasteiger partial charge in [-0.1, -0.05) is 17.7 Å². The Kier molecular flexibility index (Phi) is 4.33. The molecule has 0 saturated heterocycles. The van der Waals surface area contributed by atoms with E-state index in [-0.39, 0.29) is 0 Å². The molecule has 0 atom stereocenters. The van der Waals surface area contributed by atoms with Crippen LogP contribution in [0.3, 0.4) is 0 Å². The summed E-state index contributed by atoms with van der Waals surface area (Å²) in [7, 11) is 1.71. The molecule has 18 heavy (non-hydrogen) atoms. The number of aromatic nitrogens is 1. The molecule has 96 valence electrons. The van der Waals surface area contributed by atoms with Crippen molar-refractivity contribution in [3.63, 3.8) is 0 Å². The van der Waals surface area contributed by atoms with Gasteiger partial charge in [0.25, 0.3) is 0 Å². The molecule has 1 N–H and O–H groups in total. The molecule has 0 unspecified atom stereocenters. The highest BCUT2D eigenvalue weighted by Gasteiger charge is 2.03. The van der Waals surface area contributed by atoms with Crippen molar-refractivity contribution in [2.45, 2.75) is 26.9 Å². The van der Waals surface area contributed by atoms with Crippen LogP contribution in [0.15, 0.2) is 24.4 Å². The molecule has 1 heterocycles. The highest BCUT2D eigenvalue weighted by atomic mass is 32.1. The second-order valence-corrected chi connectivity index (χ2v) is 5.60. The van der Waals surface area contributed by atoms with E-state index < -0.39 is 0 Å². The molecule has 2 rings (SSSR count). The normalized spacial score (nSPS) is 10.6. The quantitative estimate of drug-likeness (QED) is 0.899. The Hall–Kier alpha value is -1.39. The SMILES string of the molecule is COc1ccc(C)cc1CNCc1ncc(C)s1. The zero-order valence-electron chi connectivity index (χ0n) is 11.0. The number of methoxy groups -OCH3 is 1. The van der Waals surface area contributed by atoms with Crippen LogP contribution < -0.4 is 10.1 Å². The maximum atomic E-state index is 5.35. The van der Waals surface area contributed by atoms with E-state index >= 15 is 0 Å². The molecule has 0 spiro atoms. The molecule has 0 amide bonds. The molecule has 2 aromatic rings. The first-order valence-corrected chi connectivity index (χ1v) is 6.76. The topological polar surface area (TPSA) is 34.1 Å². The van der Waals surface area contributed by atoms with Crippen molar-refractivity contribution in [2.75, 3.05) is 7.11 Å². The Labute approximate surface area is 112 Å². The third-order valence-corrected chi connectivity index (χ3v) is 3.61. The molecule has 0 bridgehead atoms. The Morgan fingerprint density at radius 2 is 2.11 bits per heavy atom. The minimum atomic E-state index is 0.795. The van der Waals surface area contributed by atoms with Crippen LogP contribution in [-0.4, -0.2) is 12.1 Å². The fraction of sp³-hybridized carbons (Fsp3) is 0.357. The van der Waals surface area contributed by atoms with Gasteiger partial charge in [-0.15, -0.1) is 11.3 Å². The summed E-state index contributed by atoms with van der Waals surface area (Å²) in [4.78, 5) is 5.58. The standard InChI is InChI=1S/C14H18N2OS/c1-10-4-5-13(17-3)12(6-10)8-15-9-14-16-7-11(2)18-14/h4-7,15H,8-9H2,1-3H3. The van der Waals surface area contributed by atoms with Gasteiger partial charge in [0.05, 0.1) is 7.11 Å². The van der Waals surface area contributed by atoms with Crippen molar-refractivity contribution < 1.29 is 4.74 Å². The number of rotatable bonds is 5. The van der Waals surface area contributed by atoms with Gasteiger partial charge in [0.2, 0.25) is 0 Å². The number of benzene rings is 1. The van der Waals surface area contributed by atoms with Gasteiger partial charge in [-0.25, -0.2) is 4.98 Å². The van der Waals surface area contributed by atoms with Gasteiger partial charge in [-0.2, -0.15) is 0 Å². The average molecular weight is 262 g/mol. The summed E-state index contributed by atoms with van der Waals surface area (Å²) >= 11 is 1.73. The lowest BCUT2D eigenvalue weighted by molar-refractivity contribution is 0.407. The molecule has 1 aromatic heterocycles. The number of nitrogens with zero attached hydrogens (tertiary/aromatic N) is 1. The Morgan fingerprint density at radius 3 is 2.78 bits per heavy atom. The molecule has 1 aromatic carbocycles. The highest BCUT2D eigenvalue weighted by molar-refractivity contribution is 7.11. The zero-order chi connectivity index (χ0) is 13.0. The van der Waals surface area contributed by atoms with Crippen molar-refractivity contribution in [1.82, 2.24) is 10.3 Å². The first-order chi connectivity index (χ1) is 8.69. The maximum absolute atomic E-state index is 5.35. The summed E-state index contributed by atoms with van der Waals surface area (Å²) in [5.74, 6) is 0.934. The fourth-order valence-corrected chi connectivity index (χ4v) is 2.59. The lowest BCUT2D eigenvalue weighted by Gasteiger charge is -2.09. The lowest BCUT2D eigenvalue weighted by atomic mass is 10.1. The van der Waals surface area contributed by atoms with Crippen LogP contribution in [0.25, 0.3) is 0 Å². The number of ether oxygens (including phenoxy) is 1. The van der Waals surface area contributed by atoms with Crippen LogP contribution in [0, 0.1) is 13.8 Å². The van der Waals surface area contributed by atoms with E-state index in [1.807, 2.05) is 12.3 Å². The van der Waals surface area contributed by atoms with Crippen LogP contribution in [0.2, 0.25) is 0 Å². The average Bonchev–Trinajstić information content (AvgIpc) is 2.75. The number of aryl methyl sites for hydroxylation is 2. The van der Waals surface area contributed by atoms with E-state index in [2.05, 4.69) is 36.3 Å².